The monoisotopic (exact) mass is 432 g/mol. The second-order valence-electron chi connectivity index (χ2n) is 8.04. The van der Waals surface area contributed by atoms with Gasteiger partial charge < -0.3 is 4.90 Å². The van der Waals surface area contributed by atoms with Crippen molar-refractivity contribution >= 4 is 11.8 Å². The summed E-state index contributed by atoms with van der Waals surface area (Å²) in [5, 5.41) is 0.316. The highest BCUT2D eigenvalue weighted by atomic mass is 32.2. The Labute approximate surface area is 193 Å². The molecule has 0 N–H and O–H groups in total. The number of aryl methyl sites for hydroxylation is 1. The van der Waals surface area contributed by atoms with Gasteiger partial charge in [-0.1, -0.05) is 92.0 Å². The van der Waals surface area contributed by atoms with Crippen LogP contribution in [0, 0.1) is 0 Å². The van der Waals surface area contributed by atoms with Gasteiger partial charge in [-0.15, -0.1) is 11.8 Å². The molecule has 0 aliphatic carbocycles. The number of hydrogen-bond acceptors (Lipinski definition) is 3. The summed E-state index contributed by atoms with van der Waals surface area (Å²) in [5.41, 5.74) is 4.02. The Morgan fingerprint density at radius 3 is 2.10 bits per heavy atom. The zero-order valence-electron chi connectivity index (χ0n) is 18.7. The standard InChI is InChI=1S/C28H36N2S/c1-3-12-26(4-2)28(27-16-9-6-10-17-27)31-24-23-30-21-19-29(20-22-30)18-11-15-25-13-7-5-8-14-25/h3-10,12-14,16-17,28H,1-2,11,15,18-24H2/b26-12+. The Morgan fingerprint density at radius 1 is 0.871 bits per heavy atom. The lowest BCUT2D eigenvalue weighted by Gasteiger charge is -2.35. The molecule has 1 aliphatic rings. The maximum atomic E-state index is 4.03. The molecule has 1 heterocycles. The smallest absolute Gasteiger partial charge is 0.0546 e. The van der Waals surface area contributed by atoms with Gasteiger partial charge in [-0.3, -0.25) is 4.90 Å². The van der Waals surface area contributed by atoms with Gasteiger partial charge in [0.1, 0.15) is 0 Å². The third-order valence-electron chi connectivity index (χ3n) is 5.89. The topological polar surface area (TPSA) is 6.48 Å². The number of nitrogens with zero attached hydrogens (tertiary/aromatic N) is 2. The molecule has 1 atom stereocenters. The fourth-order valence-corrected chi connectivity index (χ4v) is 5.42. The minimum Gasteiger partial charge on any atom is -0.301 e. The summed E-state index contributed by atoms with van der Waals surface area (Å²) < 4.78 is 0. The SMILES string of the molecule is C=C/C=C(\C=C)C(SCCN1CCN(CCCc2ccccc2)CC1)c1ccccc1. The van der Waals surface area contributed by atoms with Crippen molar-refractivity contribution in [3.8, 4) is 0 Å². The third-order valence-corrected chi connectivity index (χ3v) is 7.19. The summed E-state index contributed by atoms with van der Waals surface area (Å²) in [4.78, 5) is 5.25. The van der Waals surface area contributed by atoms with Crippen molar-refractivity contribution in [1.82, 2.24) is 9.80 Å². The molecule has 0 spiro atoms. The van der Waals surface area contributed by atoms with Gasteiger partial charge in [0.2, 0.25) is 0 Å². The zero-order valence-corrected chi connectivity index (χ0v) is 19.5. The quantitative estimate of drug-likeness (QED) is 0.379. The van der Waals surface area contributed by atoms with E-state index in [1.807, 2.05) is 23.9 Å². The molecular weight excluding hydrogens is 396 g/mol. The summed E-state index contributed by atoms with van der Waals surface area (Å²) in [6, 6.07) is 21.6. The maximum absolute atomic E-state index is 4.03. The molecule has 3 heteroatoms. The molecule has 1 aliphatic heterocycles. The van der Waals surface area contributed by atoms with Crippen LogP contribution < -0.4 is 0 Å². The van der Waals surface area contributed by atoms with E-state index in [9.17, 15) is 0 Å². The molecule has 2 aromatic rings. The van der Waals surface area contributed by atoms with E-state index in [1.54, 1.807) is 0 Å². The minimum absolute atomic E-state index is 0.316. The Morgan fingerprint density at radius 2 is 1.48 bits per heavy atom. The van der Waals surface area contributed by atoms with Gasteiger partial charge in [-0.25, -0.2) is 0 Å². The Hall–Kier alpha value is -2.07. The highest BCUT2D eigenvalue weighted by Gasteiger charge is 2.18. The minimum atomic E-state index is 0.316. The first-order valence-corrected chi connectivity index (χ1v) is 12.4. The molecule has 3 rings (SSSR count). The number of rotatable bonds is 12. The lowest BCUT2D eigenvalue weighted by molar-refractivity contribution is 0.137. The molecule has 2 aromatic carbocycles. The van der Waals surface area contributed by atoms with Crippen LogP contribution in [0.25, 0.3) is 0 Å². The van der Waals surface area contributed by atoms with Crippen molar-refractivity contribution in [2.75, 3.05) is 45.0 Å². The van der Waals surface area contributed by atoms with E-state index in [4.69, 9.17) is 0 Å². The molecule has 0 amide bonds. The van der Waals surface area contributed by atoms with Crippen LogP contribution in [0.2, 0.25) is 0 Å². The Kier molecular flexibility index (Phi) is 10.2. The van der Waals surface area contributed by atoms with Crippen LogP contribution in [0.15, 0.2) is 97.6 Å². The number of allylic oxidation sites excluding steroid dienone is 3. The van der Waals surface area contributed by atoms with Crippen molar-refractivity contribution in [2.45, 2.75) is 18.1 Å². The first-order valence-electron chi connectivity index (χ1n) is 11.4. The first-order chi connectivity index (χ1) is 15.3. The molecule has 1 fully saturated rings. The summed E-state index contributed by atoms with van der Waals surface area (Å²) in [6.07, 6.45) is 8.36. The van der Waals surface area contributed by atoms with Crippen LogP contribution >= 0.6 is 11.8 Å². The van der Waals surface area contributed by atoms with Gasteiger partial charge in [0.15, 0.2) is 0 Å². The van der Waals surface area contributed by atoms with E-state index in [2.05, 4.69) is 89.7 Å². The second-order valence-corrected chi connectivity index (χ2v) is 9.25. The molecule has 1 unspecified atom stereocenters. The molecular formula is C28H36N2S. The van der Waals surface area contributed by atoms with E-state index in [1.165, 1.54) is 62.3 Å². The highest BCUT2D eigenvalue weighted by molar-refractivity contribution is 7.99. The molecule has 1 saturated heterocycles. The van der Waals surface area contributed by atoms with Gasteiger partial charge in [0.05, 0.1) is 5.25 Å². The van der Waals surface area contributed by atoms with Crippen LogP contribution in [0.5, 0.6) is 0 Å². The summed E-state index contributed by atoms with van der Waals surface area (Å²) >= 11 is 2.01. The predicted octanol–water partition coefficient (Wildman–Crippen LogP) is 6.01. The van der Waals surface area contributed by atoms with Crippen LogP contribution in [-0.4, -0.2) is 54.8 Å². The van der Waals surface area contributed by atoms with Crippen LogP contribution in [-0.2, 0) is 6.42 Å². The highest BCUT2D eigenvalue weighted by Crippen LogP contribution is 2.36. The fourth-order valence-electron chi connectivity index (χ4n) is 4.10. The normalized spacial score (nSPS) is 16.7. The van der Waals surface area contributed by atoms with Gasteiger partial charge in [0.25, 0.3) is 0 Å². The largest absolute Gasteiger partial charge is 0.301 e. The number of benzene rings is 2. The predicted molar refractivity (Wildman–Crippen MR) is 138 cm³/mol. The molecule has 2 nitrogen and oxygen atoms in total. The first kappa shape index (κ1) is 23.6. The van der Waals surface area contributed by atoms with Crippen LogP contribution in [0.1, 0.15) is 22.8 Å². The number of piperazine rings is 1. The zero-order chi connectivity index (χ0) is 21.7. The molecule has 0 saturated carbocycles. The third kappa shape index (κ3) is 7.84. The van der Waals surface area contributed by atoms with E-state index in [0.29, 0.717) is 5.25 Å². The van der Waals surface area contributed by atoms with Gasteiger partial charge >= 0.3 is 0 Å². The molecule has 164 valence electrons. The van der Waals surface area contributed by atoms with E-state index in [0.717, 1.165) is 12.3 Å². The fraction of sp³-hybridized carbons (Fsp3) is 0.357. The summed E-state index contributed by atoms with van der Waals surface area (Å²) in [7, 11) is 0. The van der Waals surface area contributed by atoms with Gasteiger partial charge in [-0.2, -0.15) is 0 Å². The molecule has 0 radical (unpaired) electrons. The average Bonchev–Trinajstić information content (AvgIpc) is 2.83. The van der Waals surface area contributed by atoms with E-state index in [-0.39, 0.29) is 0 Å². The van der Waals surface area contributed by atoms with Crippen molar-refractivity contribution in [1.29, 1.82) is 0 Å². The van der Waals surface area contributed by atoms with E-state index >= 15 is 0 Å². The number of hydrogen-bond donors (Lipinski definition) is 0. The van der Waals surface area contributed by atoms with Crippen molar-refractivity contribution in [3.05, 3.63) is 109 Å². The number of thioether (sulfide) groups is 1. The summed E-state index contributed by atoms with van der Waals surface area (Å²) in [6.45, 7) is 15.0. The lowest BCUT2D eigenvalue weighted by Crippen LogP contribution is -2.47. The second kappa shape index (κ2) is 13.4. The molecule has 0 aromatic heterocycles. The van der Waals surface area contributed by atoms with Crippen molar-refractivity contribution in [2.24, 2.45) is 0 Å². The maximum Gasteiger partial charge on any atom is 0.0546 e. The molecule has 31 heavy (non-hydrogen) atoms. The van der Waals surface area contributed by atoms with Crippen molar-refractivity contribution < 1.29 is 0 Å². The average molecular weight is 433 g/mol. The van der Waals surface area contributed by atoms with Gasteiger partial charge in [0, 0.05) is 38.5 Å². The summed E-state index contributed by atoms with van der Waals surface area (Å²) in [5.74, 6) is 1.12. The van der Waals surface area contributed by atoms with Crippen molar-refractivity contribution in [3.63, 3.8) is 0 Å². The Balaban J connectivity index is 1.40. The van der Waals surface area contributed by atoms with Crippen LogP contribution in [0.3, 0.4) is 0 Å². The lowest BCUT2D eigenvalue weighted by atomic mass is 10.0. The molecule has 0 bridgehead atoms. The van der Waals surface area contributed by atoms with E-state index < -0.39 is 0 Å². The van der Waals surface area contributed by atoms with Gasteiger partial charge in [-0.05, 0) is 36.1 Å². The van der Waals surface area contributed by atoms with Crippen LogP contribution in [0.4, 0.5) is 0 Å². The Bertz CT molecular complexity index is 807.